The minimum atomic E-state index is 0.0682. The van der Waals surface area contributed by atoms with Gasteiger partial charge in [-0.05, 0) is 43.6 Å². The predicted octanol–water partition coefficient (Wildman–Crippen LogP) is 2.97. The lowest BCUT2D eigenvalue weighted by molar-refractivity contribution is -0.113. The van der Waals surface area contributed by atoms with Gasteiger partial charge in [-0.3, -0.25) is 4.79 Å². The molecule has 1 atom stereocenters. The Morgan fingerprint density at radius 3 is 2.84 bits per heavy atom. The Morgan fingerprint density at radius 1 is 1.47 bits per heavy atom. The van der Waals surface area contributed by atoms with Crippen LogP contribution in [-0.2, 0) is 11.2 Å². The van der Waals surface area contributed by atoms with Crippen LogP contribution < -0.4 is 11.1 Å². The van der Waals surface area contributed by atoms with E-state index in [4.69, 9.17) is 5.73 Å². The zero-order valence-corrected chi connectivity index (χ0v) is 12.8. The zero-order valence-electron chi connectivity index (χ0n) is 12.0. The van der Waals surface area contributed by atoms with Crippen LogP contribution in [0.5, 0.6) is 0 Å². The number of anilines is 1. The quantitative estimate of drug-likeness (QED) is 0.755. The standard InChI is InChI=1S/C15H24N2OS/c1-4-13-7-5-6-11(2)15(13)17-14(18)10-19-9-8-12(3)16/h5-7,12H,4,8-10,16H2,1-3H3,(H,17,18). The first-order valence-electron chi connectivity index (χ1n) is 6.76. The van der Waals surface area contributed by atoms with Crippen molar-refractivity contribution < 1.29 is 4.79 Å². The van der Waals surface area contributed by atoms with E-state index < -0.39 is 0 Å². The minimum absolute atomic E-state index is 0.0682. The second kappa shape index (κ2) is 8.23. The van der Waals surface area contributed by atoms with Crippen LogP contribution in [0.25, 0.3) is 0 Å². The molecule has 1 unspecified atom stereocenters. The first kappa shape index (κ1) is 16.1. The third-order valence-corrected chi connectivity index (χ3v) is 3.95. The Kier molecular flexibility index (Phi) is 6.95. The number of nitrogens with two attached hydrogens (primary N) is 1. The molecule has 0 fully saturated rings. The summed E-state index contributed by atoms with van der Waals surface area (Å²) in [6, 6.07) is 6.32. The first-order valence-corrected chi connectivity index (χ1v) is 7.91. The summed E-state index contributed by atoms with van der Waals surface area (Å²) >= 11 is 1.64. The summed E-state index contributed by atoms with van der Waals surface area (Å²) < 4.78 is 0. The molecule has 0 saturated carbocycles. The number of benzene rings is 1. The van der Waals surface area contributed by atoms with Crippen LogP contribution >= 0.6 is 11.8 Å². The summed E-state index contributed by atoms with van der Waals surface area (Å²) in [5.74, 6) is 1.49. The van der Waals surface area contributed by atoms with Gasteiger partial charge in [0.15, 0.2) is 0 Å². The van der Waals surface area contributed by atoms with Crippen molar-refractivity contribution in [3.8, 4) is 0 Å². The van der Waals surface area contributed by atoms with Crippen LogP contribution in [0.15, 0.2) is 18.2 Å². The number of amides is 1. The topological polar surface area (TPSA) is 55.1 Å². The second-order valence-corrected chi connectivity index (χ2v) is 5.93. The highest BCUT2D eigenvalue weighted by molar-refractivity contribution is 7.99. The summed E-state index contributed by atoms with van der Waals surface area (Å²) in [5.41, 5.74) is 8.96. The van der Waals surface area contributed by atoms with E-state index in [0.717, 1.165) is 29.8 Å². The molecule has 1 aromatic rings. The van der Waals surface area contributed by atoms with E-state index in [1.54, 1.807) is 11.8 Å². The molecule has 1 rings (SSSR count). The van der Waals surface area contributed by atoms with E-state index in [9.17, 15) is 4.79 Å². The van der Waals surface area contributed by atoms with Crippen LogP contribution in [0.1, 0.15) is 31.4 Å². The Labute approximate surface area is 120 Å². The van der Waals surface area contributed by atoms with Gasteiger partial charge in [-0.15, -0.1) is 0 Å². The van der Waals surface area contributed by atoms with Crippen molar-refractivity contribution in [3.05, 3.63) is 29.3 Å². The van der Waals surface area contributed by atoms with Gasteiger partial charge in [0.1, 0.15) is 0 Å². The summed E-state index contributed by atoms with van der Waals surface area (Å²) in [6.07, 6.45) is 1.87. The van der Waals surface area contributed by atoms with Crippen molar-refractivity contribution >= 4 is 23.4 Å². The Bertz CT molecular complexity index is 419. The maximum atomic E-state index is 11.9. The molecular weight excluding hydrogens is 256 g/mol. The maximum absolute atomic E-state index is 11.9. The molecule has 106 valence electrons. The van der Waals surface area contributed by atoms with Gasteiger partial charge in [-0.2, -0.15) is 11.8 Å². The van der Waals surface area contributed by atoms with Gasteiger partial charge in [0, 0.05) is 11.7 Å². The van der Waals surface area contributed by atoms with Crippen LogP contribution in [0.4, 0.5) is 5.69 Å². The molecule has 0 radical (unpaired) electrons. The number of para-hydroxylation sites is 1. The minimum Gasteiger partial charge on any atom is -0.328 e. The smallest absolute Gasteiger partial charge is 0.234 e. The number of hydrogen-bond acceptors (Lipinski definition) is 3. The van der Waals surface area contributed by atoms with Crippen molar-refractivity contribution in [1.82, 2.24) is 0 Å². The largest absolute Gasteiger partial charge is 0.328 e. The van der Waals surface area contributed by atoms with Crippen LogP contribution in [0.3, 0.4) is 0 Å². The van der Waals surface area contributed by atoms with Gasteiger partial charge < -0.3 is 11.1 Å². The number of aryl methyl sites for hydroxylation is 2. The zero-order chi connectivity index (χ0) is 14.3. The lowest BCUT2D eigenvalue weighted by atomic mass is 10.1. The van der Waals surface area contributed by atoms with Gasteiger partial charge in [0.05, 0.1) is 5.75 Å². The molecule has 0 aliphatic carbocycles. The van der Waals surface area contributed by atoms with E-state index in [1.165, 1.54) is 5.56 Å². The Hall–Kier alpha value is -1.000. The third-order valence-electron chi connectivity index (χ3n) is 2.96. The van der Waals surface area contributed by atoms with Gasteiger partial charge in [0.25, 0.3) is 0 Å². The monoisotopic (exact) mass is 280 g/mol. The Morgan fingerprint density at radius 2 is 2.21 bits per heavy atom. The number of nitrogens with one attached hydrogen (secondary N) is 1. The molecule has 0 bridgehead atoms. The van der Waals surface area contributed by atoms with E-state index in [-0.39, 0.29) is 11.9 Å². The molecule has 3 N–H and O–H groups in total. The summed E-state index contributed by atoms with van der Waals surface area (Å²) in [6.45, 7) is 6.11. The normalized spacial score (nSPS) is 12.2. The van der Waals surface area contributed by atoms with Gasteiger partial charge in [-0.25, -0.2) is 0 Å². The van der Waals surface area contributed by atoms with Crippen molar-refractivity contribution in [2.45, 2.75) is 39.7 Å². The number of hydrogen-bond donors (Lipinski definition) is 2. The predicted molar refractivity (Wildman–Crippen MR) is 84.8 cm³/mol. The molecule has 0 aliphatic heterocycles. The molecule has 0 aliphatic rings. The van der Waals surface area contributed by atoms with Gasteiger partial charge in [0.2, 0.25) is 5.91 Å². The molecule has 0 heterocycles. The average Bonchev–Trinajstić information content (AvgIpc) is 2.37. The highest BCUT2D eigenvalue weighted by atomic mass is 32.2. The second-order valence-electron chi connectivity index (χ2n) is 4.83. The van der Waals surface area contributed by atoms with Crippen LogP contribution in [0.2, 0.25) is 0 Å². The van der Waals surface area contributed by atoms with Crippen LogP contribution in [-0.4, -0.2) is 23.5 Å². The fourth-order valence-corrected chi connectivity index (χ4v) is 2.75. The first-order chi connectivity index (χ1) is 9.04. The number of thioether (sulfide) groups is 1. The molecule has 19 heavy (non-hydrogen) atoms. The van der Waals surface area contributed by atoms with Gasteiger partial charge >= 0.3 is 0 Å². The molecule has 0 aromatic heterocycles. The lowest BCUT2D eigenvalue weighted by Crippen LogP contribution is -2.18. The molecule has 1 aromatic carbocycles. The highest BCUT2D eigenvalue weighted by Gasteiger charge is 2.08. The molecular formula is C15H24N2OS. The van der Waals surface area contributed by atoms with Crippen molar-refractivity contribution in [1.29, 1.82) is 0 Å². The molecule has 0 spiro atoms. The Balaban J connectivity index is 2.48. The number of carbonyl (C=O) groups excluding carboxylic acids is 1. The van der Waals surface area contributed by atoms with Crippen LogP contribution in [0, 0.1) is 6.92 Å². The molecule has 0 saturated heterocycles. The summed E-state index contributed by atoms with van der Waals surface area (Å²) in [5, 5.41) is 3.03. The fourth-order valence-electron chi connectivity index (χ4n) is 1.81. The molecule has 4 heteroatoms. The van der Waals surface area contributed by atoms with E-state index >= 15 is 0 Å². The van der Waals surface area contributed by atoms with Crippen molar-refractivity contribution in [3.63, 3.8) is 0 Å². The van der Waals surface area contributed by atoms with Crippen molar-refractivity contribution in [2.75, 3.05) is 16.8 Å². The van der Waals surface area contributed by atoms with E-state index in [0.29, 0.717) is 5.75 Å². The number of rotatable bonds is 7. The average molecular weight is 280 g/mol. The third kappa shape index (κ3) is 5.66. The summed E-state index contributed by atoms with van der Waals surface area (Å²) in [4.78, 5) is 11.9. The van der Waals surface area contributed by atoms with E-state index in [1.807, 2.05) is 26.0 Å². The highest BCUT2D eigenvalue weighted by Crippen LogP contribution is 2.21. The molecule has 3 nitrogen and oxygen atoms in total. The lowest BCUT2D eigenvalue weighted by Gasteiger charge is -2.13. The summed E-state index contributed by atoms with van der Waals surface area (Å²) in [7, 11) is 0. The SMILES string of the molecule is CCc1cccc(C)c1NC(=O)CSCCC(C)N. The maximum Gasteiger partial charge on any atom is 0.234 e. The van der Waals surface area contributed by atoms with Gasteiger partial charge in [-0.1, -0.05) is 25.1 Å². The molecule has 1 amide bonds. The fraction of sp³-hybridized carbons (Fsp3) is 0.533. The van der Waals surface area contributed by atoms with Crippen molar-refractivity contribution in [2.24, 2.45) is 5.73 Å². The van der Waals surface area contributed by atoms with E-state index in [2.05, 4.69) is 18.3 Å². The number of carbonyl (C=O) groups is 1.